The molecular weight excluding hydrogens is 693 g/mol. The van der Waals surface area contributed by atoms with Gasteiger partial charge < -0.3 is 33.8 Å². The smallest absolute Gasteiger partial charge is 0.490 e. The third kappa shape index (κ3) is 10.1. The molecule has 0 radical (unpaired) electrons. The van der Waals surface area contributed by atoms with E-state index in [0.717, 1.165) is 4.57 Å². The average Bonchev–Trinajstić information content (AvgIpc) is 3.29. The minimum absolute atomic E-state index is 0.140. The molecule has 0 bridgehead atoms. The van der Waals surface area contributed by atoms with Crippen LogP contribution in [0.15, 0.2) is 34.0 Å². The first-order chi connectivity index (χ1) is 20.3. The van der Waals surface area contributed by atoms with Crippen LogP contribution in [0, 0.1) is 6.92 Å². The van der Waals surface area contributed by atoms with Crippen LogP contribution in [-0.4, -0.2) is 67.3 Å². The number of H-pyrrole nitrogens is 1. The zero-order valence-corrected chi connectivity index (χ0v) is 27.6. The molecule has 6 atom stereocenters. The van der Waals surface area contributed by atoms with Crippen molar-refractivity contribution < 1.29 is 65.4 Å². The molecule has 2 heterocycles. The number of hydrogen-bond donors (Lipinski definition) is 5. The lowest BCUT2D eigenvalue weighted by molar-refractivity contribution is -0.0512. The number of nitrogens with zero attached hydrogens (tertiary/aromatic N) is 1. The molecule has 246 valence electrons. The number of phosphoric acid groups is 3. The predicted octanol–water partition coefficient (Wildman–Crippen LogP) is 2.78. The summed E-state index contributed by atoms with van der Waals surface area (Å²) in [6.45, 7) is 2.33. The van der Waals surface area contributed by atoms with Gasteiger partial charge in [0.15, 0.2) is 0 Å². The number of ether oxygens (including phenoxy) is 3. The van der Waals surface area contributed by atoms with Gasteiger partial charge in [-0.3, -0.25) is 18.9 Å². The summed E-state index contributed by atoms with van der Waals surface area (Å²) in [5.74, 6) is -0.352. The number of nitrogens with one attached hydrogen (secondary N) is 1. The highest BCUT2D eigenvalue weighted by Gasteiger charge is 2.44. The molecule has 18 nitrogen and oxygen atoms in total. The first kappa shape index (κ1) is 36.7. The maximum atomic E-state index is 13.4. The molecule has 5 N–H and O–H groups in total. The second kappa shape index (κ2) is 14.8. The van der Waals surface area contributed by atoms with E-state index in [4.69, 9.17) is 28.5 Å². The zero-order valence-electron chi connectivity index (χ0n) is 23.3. The molecule has 1 aromatic heterocycles. The molecule has 0 amide bonds. The summed E-state index contributed by atoms with van der Waals surface area (Å²) in [6, 6.07) is 4.69. The molecule has 3 rings (SSSR count). The van der Waals surface area contributed by atoms with Gasteiger partial charge in [0.2, 0.25) is 0 Å². The second-order valence-electron chi connectivity index (χ2n) is 9.03. The Morgan fingerprint density at radius 3 is 2.45 bits per heavy atom. The molecule has 2 aromatic rings. The lowest BCUT2D eigenvalue weighted by Gasteiger charge is -2.22. The number of aromatic amines is 1. The van der Waals surface area contributed by atoms with Gasteiger partial charge in [-0.05, 0) is 43.9 Å². The molecule has 1 saturated heterocycles. The Morgan fingerprint density at radius 2 is 1.84 bits per heavy atom. The number of esters is 1. The van der Waals surface area contributed by atoms with Crippen LogP contribution < -0.4 is 16.0 Å². The molecule has 1 aromatic carbocycles. The van der Waals surface area contributed by atoms with E-state index in [-0.39, 0.29) is 22.8 Å². The lowest BCUT2D eigenvalue weighted by Crippen LogP contribution is -2.33. The molecule has 0 aliphatic carbocycles. The Morgan fingerprint density at radius 1 is 1.16 bits per heavy atom. The number of benzene rings is 1. The summed E-state index contributed by atoms with van der Waals surface area (Å²) >= 11 is 0. The highest BCUT2D eigenvalue weighted by molar-refractivity contribution is 8.76. The van der Waals surface area contributed by atoms with E-state index in [1.165, 1.54) is 47.9 Å². The Kier molecular flexibility index (Phi) is 12.3. The average molecular weight is 723 g/mol. The fourth-order valence-corrected chi connectivity index (χ4v) is 8.80. The second-order valence-corrected chi connectivity index (χ2v) is 16.3. The lowest BCUT2D eigenvalue weighted by atomic mass is 10.0. The number of aryl methyl sites for hydroxylation is 1. The van der Waals surface area contributed by atoms with Crippen LogP contribution in [0.1, 0.15) is 46.3 Å². The van der Waals surface area contributed by atoms with Gasteiger partial charge in [0.05, 0.1) is 19.3 Å². The van der Waals surface area contributed by atoms with Crippen molar-refractivity contribution >= 4 is 51.0 Å². The summed E-state index contributed by atoms with van der Waals surface area (Å²) in [5, 5.41) is -0.195. The standard InChI is InChI=1S/C21H29N2O16P3S2/c1-11-9-23(21(26)22-19(11)24)18-8-16(17(36-18)10-35-41(30,31)39-42(32,33)38-40(27,28)29)37-20(25)14-6-5-13(34-3)7-15(14)12(2)44-43-4/h5-7,9,12,16-18H,8,10H2,1-4H3,(H,30,31)(H,32,33)(H,22,24,26)(H2,27,28,29)/t12?,16?,17-,18-/m1/s1. The van der Waals surface area contributed by atoms with Crippen molar-refractivity contribution in [3.63, 3.8) is 0 Å². The van der Waals surface area contributed by atoms with Gasteiger partial charge in [0.1, 0.15) is 24.2 Å². The SMILES string of the molecule is COc1ccc(C(=O)OC2C[C@H](n3cc(C)c(=O)[nH]c3=O)O[C@@H]2COP(=O)(O)OP(=O)(O)OP(=O)(O)O)c(C(C)SSC)c1. The van der Waals surface area contributed by atoms with Gasteiger partial charge in [-0.2, -0.15) is 8.62 Å². The number of rotatable bonds is 14. The van der Waals surface area contributed by atoms with Crippen LogP contribution in [0.2, 0.25) is 0 Å². The van der Waals surface area contributed by atoms with Crippen LogP contribution in [0.4, 0.5) is 0 Å². The first-order valence-electron chi connectivity index (χ1n) is 12.2. The molecule has 1 aliphatic heterocycles. The van der Waals surface area contributed by atoms with E-state index in [1.807, 2.05) is 13.2 Å². The first-order valence-corrected chi connectivity index (χ1v) is 19.3. The molecule has 1 aliphatic rings. The fourth-order valence-electron chi connectivity index (χ4n) is 4.00. The number of methoxy groups -OCH3 is 1. The molecule has 0 saturated carbocycles. The van der Waals surface area contributed by atoms with Crippen LogP contribution >= 0.6 is 45.1 Å². The van der Waals surface area contributed by atoms with Gasteiger partial charge >= 0.3 is 35.1 Å². The summed E-state index contributed by atoms with van der Waals surface area (Å²) in [5.41, 5.74) is -0.652. The van der Waals surface area contributed by atoms with Crippen molar-refractivity contribution in [3.8, 4) is 5.75 Å². The molecular formula is C21H29N2O16P3S2. The summed E-state index contributed by atoms with van der Waals surface area (Å²) in [6.07, 6.45) is -1.03. The van der Waals surface area contributed by atoms with E-state index in [9.17, 15) is 37.9 Å². The fraction of sp³-hybridized carbons (Fsp3) is 0.476. The van der Waals surface area contributed by atoms with Crippen molar-refractivity contribution in [3.05, 3.63) is 61.9 Å². The number of phosphoric ester groups is 1. The summed E-state index contributed by atoms with van der Waals surface area (Å²) < 4.78 is 64.8. The van der Waals surface area contributed by atoms with E-state index in [0.29, 0.717) is 11.3 Å². The molecule has 0 spiro atoms. The quantitative estimate of drug-likeness (QED) is 0.107. The van der Waals surface area contributed by atoms with Crippen molar-refractivity contribution in [1.29, 1.82) is 0 Å². The van der Waals surface area contributed by atoms with Gasteiger partial charge in [0, 0.05) is 23.4 Å². The number of aromatic nitrogens is 2. The van der Waals surface area contributed by atoms with Crippen molar-refractivity contribution in [2.75, 3.05) is 20.0 Å². The van der Waals surface area contributed by atoms with Crippen LogP contribution in [0.3, 0.4) is 0 Å². The van der Waals surface area contributed by atoms with E-state index >= 15 is 0 Å². The van der Waals surface area contributed by atoms with Gasteiger partial charge in [-0.1, -0.05) is 21.6 Å². The molecule has 23 heteroatoms. The largest absolute Gasteiger partial charge is 0.497 e. The predicted molar refractivity (Wildman–Crippen MR) is 156 cm³/mol. The van der Waals surface area contributed by atoms with E-state index in [1.54, 1.807) is 12.1 Å². The minimum Gasteiger partial charge on any atom is -0.497 e. The molecule has 1 fully saturated rings. The third-order valence-corrected chi connectivity index (χ3v) is 11.9. The van der Waals surface area contributed by atoms with Crippen LogP contribution in [0.25, 0.3) is 0 Å². The Hall–Kier alpha value is -1.76. The highest BCUT2D eigenvalue weighted by Crippen LogP contribution is 2.66. The highest BCUT2D eigenvalue weighted by atomic mass is 33.1. The topological polar surface area (TPSA) is 259 Å². The number of hydrogen-bond acceptors (Lipinski definition) is 14. The Balaban J connectivity index is 1.90. The van der Waals surface area contributed by atoms with E-state index < -0.39 is 65.7 Å². The monoisotopic (exact) mass is 722 g/mol. The molecule has 44 heavy (non-hydrogen) atoms. The van der Waals surface area contributed by atoms with Crippen molar-refractivity contribution in [2.24, 2.45) is 0 Å². The van der Waals surface area contributed by atoms with E-state index in [2.05, 4.69) is 13.6 Å². The van der Waals surface area contributed by atoms with Gasteiger partial charge in [-0.15, -0.1) is 0 Å². The molecule has 4 unspecified atom stereocenters. The maximum Gasteiger partial charge on any atom is 0.490 e. The third-order valence-electron chi connectivity index (χ3n) is 5.87. The maximum absolute atomic E-state index is 13.4. The minimum atomic E-state index is -5.80. The summed E-state index contributed by atoms with van der Waals surface area (Å²) in [7, 11) is -12.6. The van der Waals surface area contributed by atoms with Crippen molar-refractivity contribution in [1.82, 2.24) is 9.55 Å². The van der Waals surface area contributed by atoms with Gasteiger partial charge in [-0.25, -0.2) is 23.3 Å². The summed E-state index contributed by atoms with van der Waals surface area (Å²) in [4.78, 5) is 76.6. The van der Waals surface area contributed by atoms with Crippen LogP contribution in [0.5, 0.6) is 5.75 Å². The zero-order chi connectivity index (χ0) is 33.0. The normalized spacial score (nSPS) is 22.1. The Bertz CT molecular complexity index is 1630. The number of carbonyl (C=O) groups excluding carboxylic acids is 1. The van der Waals surface area contributed by atoms with Gasteiger partial charge in [0.25, 0.3) is 5.56 Å². The van der Waals surface area contributed by atoms with Crippen LogP contribution in [-0.2, 0) is 36.3 Å². The van der Waals surface area contributed by atoms with Crippen molar-refractivity contribution in [2.45, 2.75) is 44.0 Å². The number of carbonyl (C=O) groups is 1. The Labute approximate surface area is 257 Å².